The predicted molar refractivity (Wildman–Crippen MR) is 35.5 cm³/mol. The van der Waals surface area contributed by atoms with Gasteiger partial charge in [-0.2, -0.15) is 5.26 Å². The van der Waals surface area contributed by atoms with Crippen LogP contribution in [0.15, 0.2) is 12.7 Å². The van der Waals surface area contributed by atoms with Crippen molar-refractivity contribution >= 4 is 17.7 Å². The standard InChI is InChI=1S/C3H3N.C2H4OS/c1-2-3-4;1-2(3)4/h2H,1H2;1H3,(H,3,4). The fraction of sp³-hybridized carbons (Fsp3) is 0.200. The van der Waals surface area contributed by atoms with Crippen molar-refractivity contribution in [2.24, 2.45) is 0 Å². The first kappa shape index (κ1) is 10.3. The summed E-state index contributed by atoms with van der Waals surface area (Å²) in [6.45, 7) is 4.51. The molecule has 0 aliphatic rings. The third kappa shape index (κ3) is 1520. The molecule has 2 nitrogen and oxygen atoms in total. The highest BCUT2D eigenvalue weighted by atomic mass is 32.1. The zero-order valence-electron chi connectivity index (χ0n) is 4.59. The smallest absolute Gasteiger partial charge is 0.182 e. The summed E-state index contributed by atoms with van der Waals surface area (Å²) in [5.74, 6) is 0. The first-order chi connectivity index (χ1) is 3.65. The number of rotatable bonds is 0. The lowest BCUT2D eigenvalue weighted by atomic mass is 10.8. The minimum atomic E-state index is -0.139. The maximum Gasteiger partial charge on any atom is 0.182 e. The van der Waals surface area contributed by atoms with Gasteiger partial charge in [-0.1, -0.05) is 6.58 Å². The van der Waals surface area contributed by atoms with Crippen LogP contribution in [0.1, 0.15) is 6.92 Å². The van der Waals surface area contributed by atoms with Gasteiger partial charge in [0.25, 0.3) is 0 Å². The monoisotopic (exact) mass is 129 g/mol. The van der Waals surface area contributed by atoms with E-state index in [2.05, 4.69) is 19.2 Å². The Bertz CT molecular complexity index is 110. The molecule has 0 saturated carbocycles. The second kappa shape index (κ2) is 9.54. The minimum Gasteiger partial charge on any atom is -0.288 e. The number of nitrogens with zero attached hydrogens (tertiary/aromatic N) is 1. The van der Waals surface area contributed by atoms with Gasteiger partial charge < -0.3 is 0 Å². The van der Waals surface area contributed by atoms with Gasteiger partial charge >= 0.3 is 0 Å². The average molecular weight is 129 g/mol. The van der Waals surface area contributed by atoms with Gasteiger partial charge in [0.2, 0.25) is 0 Å². The van der Waals surface area contributed by atoms with Crippen LogP contribution in [0.5, 0.6) is 0 Å². The molecule has 0 aromatic rings. The summed E-state index contributed by atoms with van der Waals surface area (Å²) in [6.07, 6.45) is 1.18. The highest BCUT2D eigenvalue weighted by Gasteiger charge is 1.63. The molecule has 0 bridgehead atoms. The van der Waals surface area contributed by atoms with Crippen molar-refractivity contribution in [3.63, 3.8) is 0 Å². The van der Waals surface area contributed by atoms with Crippen LogP contribution in [-0.2, 0) is 4.79 Å². The molecular weight excluding hydrogens is 122 g/mol. The van der Waals surface area contributed by atoms with Crippen LogP contribution in [0, 0.1) is 11.3 Å². The number of thiol groups is 1. The van der Waals surface area contributed by atoms with Crippen LogP contribution in [-0.4, -0.2) is 5.12 Å². The van der Waals surface area contributed by atoms with Crippen LogP contribution < -0.4 is 0 Å². The van der Waals surface area contributed by atoms with Crippen molar-refractivity contribution in [2.45, 2.75) is 6.92 Å². The van der Waals surface area contributed by atoms with Gasteiger partial charge in [0, 0.05) is 13.0 Å². The van der Waals surface area contributed by atoms with Crippen molar-refractivity contribution in [1.29, 1.82) is 5.26 Å². The van der Waals surface area contributed by atoms with E-state index in [1.165, 1.54) is 13.0 Å². The van der Waals surface area contributed by atoms with Crippen molar-refractivity contribution < 1.29 is 4.79 Å². The number of nitriles is 1. The molecule has 3 heteroatoms. The lowest BCUT2D eigenvalue weighted by Gasteiger charge is -1.55. The third-order valence-corrected chi connectivity index (χ3v) is 0.0913. The Hall–Kier alpha value is -0.750. The van der Waals surface area contributed by atoms with Gasteiger partial charge in [-0.25, -0.2) is 0 Å². The molecule has 8 heavy (non-hydrogen) atoms. The highest BCUT2D eigenvalue weighted by Crippen LogP contribution is 1.66. The summed E-state index contributed by atoms with van der Waals surface area (Å²) in [5.41, 5.74) is 0. The van der Waals surface area contributed by atoms with Gasteiger partial charge in [0.05, 0.1) is 6.07 Å². The van der Waals surface area contributed by atoms with Gasteiger partial charge in [-0.3, -0.25) is 4.79 Å². The molecular formula is C5H7NOS. The van der Waals surface area contributed by atoms with E-state index in [4.69, 9.17) is 5.26 Å². The molecule has 44 valence electrons. The second-order valence-electron chi connectivity index (χ2n) is 0.852. The maximum atomic E-state index is 9.31. The molecule has 0 aliphatic carbocycles. The normalized spacial score (nSPS) is 5.12. The van der Waals surface area contributed by atoms with Crippen molar-refractivity contribution in [1.82, 2.24) is 0 Å². The zero-order chi connectivity index (χ0) is 6.99. The molecule has 0 saturated heterocycles. The molecule has 0 fully saturated rings. The molecule has 0 aliphatic heterocycles. The van der Waals surface area contributed by atoms with E-state index in [0.29, 0.717) is 0 Å². The number of allylic oxidation sites excluding steroid dienone is 1. The maximum absolute atomic E-state index is 9.31. The Morgan fingerprint density at radius 2 is 2.12 bits per heavy atom. The minimum absolute atomic E-state index is 0.139. The number of hydrogen-bond acceptors (Lipinski definition) is 2. The summed E-state index contributed by atoms with van der Waals surface area (Å²) in [7, 11) is 0. The molecule has 0 amide bonds. The van der Waals surface area contributed by atoms with E-state index in [-0.39, 0.29) is 5.12 Å². The van der Waals surface area contributed by atoms with E-state index in [1.54, 1.807) is 6.07 Å². The topological polar surface area (TPSA) is 40.9 Å². The van der Waals surface area contributed by atoms with E-state index in [1.807, 2.05) is 0 Å². The van der Waals surface area contributed by atoms with Crippen LogP contribution in [0.25, 0.3) is 0 Å². The van der Waals surface area contributed by atoms with Crippen molar-refractivity contribution in [2.75, 3.05) is 0 Å². The Kier molecular flexibility index (Phi) is 12.2. The Labute approximate surface area is 54.2 Å². The molecule has 0 radical (unpaired) electrons. The average Bonchev–Trinajstić information content (AvgIpc) is 1.65. The van der Waals surface area contributed by atoms with Gasteiger partial charge in [0.1, 0.15) is 0 Å². The molecule has 0 heterocycles. The number of hydrogen-bond donors (Lipinski definition) is 1. The Balaban J connectivity index is 0. The van der Waals surface area contributed by atoms with Crippen LogP contribution in [0.2, 0.25) is 0 Å². The lowest BCUT2D eigenvalue weighted by molar-refractivity contribution is -0.108. The number of carbonyl (C=O) groups is 1. The molecule has 0 atom stereocenters. The van der Waals surface area contributed by atoms with E-state index in [9.17, 15) is 4.79 Å². The highest BCUT2D eigenvalue weighted by molar-refractivity contribution is 7.96. The Morgan fingerprint density at radius 3 is 2.12 bits per heavy atom. The predicted octanol–water partition coefficient (Wildman–Crippen LogP) is 1.16. The van der Waals surface area contributed by atoms with Gasteiger partial charge in [0.15, 0.2) is 5.12 Å². The second-order valence-corrected chi connectivity index (χ2v) is 1.48. The zero-order valence-corrected chi connectivity index (χ0v) is 5.48. The molecule has 0 rings (SSSR count). The van der Waals surface area contributed by atoms with Crippen molar-refractivity contribution in [3.05, 3.63) is 12.7 Å². The summed E-state index contributed by atoms with van der Waals surface area (Å²) in [6, 6.07) is 1.69. The van der Waals surface area contributed by atoms with E-state index >= 15 is 0 Å². The summed E-state index contributed by atoms with van der Waals surface area (Å²) < 4.78 is 0. The van der Waals surface area contributed by atoms with E-state index in [0.717, 1.165) is 0 Å². The molecule has 0 unspecified atom stereocenters. The molecule has 0 N–H and O–H groups in total. The Morgan fingerprint density at radius 1 is 2.00 bits per heavy atom. The summed E-state index contributed by atoms with van der Waals surface area (Å²) in [5, 5.41) is 7.37. The molecule has 0 spiro atoms. The van der Waals surface area contributed by atoms with Gasteiger partial charge in [-0.05, 0) is 0 Å². The summed E-state index contributed by atoms with van der Waals surface area (Å²) in [4.78, 5) is 9.31. The van der Waals surface area contributed by atoms with E-state index < -0.39 is 0 Å². The molecule has 0 aromatic carbocycles. The molecule has 0 aromatic heterocycles. The van der Waals surface area contributed by atoms with Crippen molar-refractivity contribution in [3.8, 4) is 6.07 Å². The fourth-order valence-electron chi connectivity index (χ4n) is 0. The number of carbonyl (C=O) groups excluding carboxylic acids is 1. The third-order valence-electron chi connectivity index (χ3n) is 0.0913. The quantitative estimate of drug-likeness (QED) is 0.394. The SMILES string of the molecule is C=CC#N.CC(=O)S. The van der Waals surface area contributed by atoms with Crippen LogP contribution >= 0.6 is 12.6 Å². The lowest BCUT2D eigenvalue weighted by Crippen LogP contribution is -1.62. The fourth-order valence-corrected chi connectivity index (χ4v) is 0. The largest absolute Gasteiger partial charge is 0.288 e. The summed E-state index contributed by atoms with van der Waals surface area (Å²) >= 11 is 3.33. The van der Waals surface area contributed by atoms with Gasteiger partial charge in [-0.15, -0.1) is 12.6 Å². The first-order valence-electron chi connectivity index (χ1n) is 1.85. The first-order valence-corrected chi connectivity index (χ1v) is 2.30. The van der Waals surface area contributed by atoms with Crippen LogP contribution in [0.4, 0.5) is 0 Å². The van der Waals surface area contributed by atoms with Crippen LogP contribution in [0.3, 0.4) is 0 Å².